The van der Waals surface area contributed by atoms with Crippen molar-refractivity contribution in [2.75, 3.05) is 6.61 Å². The van der Waals surface area contributed by atoms with Crippen molar-refractivity contribution in [3.05, 3.63) is 29.8 Å². The van der Waals surface area contributed by atoms with Gasteiger partial charge in [-0.2, -0.15) is 0 Å². The molecule has 1 aliphatic rings. The lowest BCUT2D eigenvalue weighted by Crippen LogP contribution is -2.25. The Balaban J connectivity index is 1.95. The Kier molecular flexibility index (Phi) is 3.99. The monoisotopic (exact) mass is 265 g/mol. The van der Waals surface area contributed by atoms with Gasteiger partial charge in [-0.15, -0.1) is 0 Å². The summed E-state index contributed by atoms with van der Waals surface area (Å²) >= 11 is 1.01. The van der Waals surface area contributed by atoms with E-state index in [1.807, 2.05) is 12.1 Å². The van der Waals surface area contributed by atoms with Crippen molar-refractivity contribution in [2.24, 2.45) is 0 Å². The second-order valence-corrected chi connectivity index (χ2v) is 4.88. The van der Waals surface area contributed by atoms with Crippen LogP contribution in [0.15, 0.2) is 24.3 Å². The summed E-state index contributed by atoms with van der Waals surface area (Å²) in [5.41, 5.74) is 0.941. The van der Waals surface area contributed by atoms with Crippen molar-refractivity contribution in [1.82, 2.24) is 5.32 Å². The molecule has 2 amide bonds. The smallest absolute Gasteiger partial charge is 0.286 e. The number of benzene rings is 1. The van der Waals surface area contributed by atoms with E-state index in [4.69, 9.17) is 4.74 Å². The molecule has 6 heteroatoms. The van der Waals surface area contributed by atoms with Gasteiger partial charge in [-0.05, 0) is 24.1 Å². The van der Waals surface area contributed by atoms with Crippen LogP contribution in [0.4, 0.5) is 4.79 Å². The molecule has 0 spiro atoms. The minimum atomic E-state index is -0.362. The van der Waals surface area contributed by atoms with Crippen LogP contribution in [0.1, 0.15) is 5.56 Å². The van der Waals surface area contributed by atoms with Crippen molar-refractivity contribution in [3.8, 4) is 5.75 Å². The maximum atomic E-state index is 11.4. The van der Waals surface area contributed by atoms with Gasteiger partial charge in [0.25, 0.3) is 5.24 Å². The minimum Gasteiger partial charge on any atom is -0.486 e. The summed E-state index contributed by atoms with van der Waals surface area (Å²) in [5.74, 6) is 0.358. The zero-order valence-electron chi connectivity index (χ0n) is 9.42. The molecule has 0 saturated carbocycles. The van der Waals surface area contributed by atoms with Crippen molar-refractivity contribution in [2.45, 2.75) is 11.7 Å². The number of hydrogen-bond acceptors (Lipinski definition) is 5. The van der Waals surface area contributed by atoms with Gasteiger partial charge in [-0.3, -0.25) is 19.7 Å². The fourth-order valence-electron chi connectivity index (χ4n) is 1.59. The second kappa shape index (κ2) is 5.68. The number of aldehydes is 1. The van der Waals surface area contributed by atoms with Crippen LogP contribution >= 0.6 is 11.8 Å². The molecular formula is C12H11NO4S. The summed E-state index contributed by atoms with van der Waals surface area (Å²) in [4.78, 5) is 32.5. The van der Waals surface area contributed by atoms with Gasteiger partial charge >= 0.3 is 0 Å². The van der Waals surface area contributed by atoms with E-state index >= 15 is 0 Å². The van der Waals surface area contributed by atoms with Gasteiger partial charge in [0.1, 0.15) is 12.4 Å². The third-order valence-electron chi connectivity index (χ3n) is 2.43. The molecule has 1 aliphatic heterocycles. The van der Waals surface area contributed by atoms with E-state index in [1.54, 1.807) is 12.1 Å². The number of carbonyl (C=O) groups is 3. The summed E-state index contributed by atoms with van der Waals surface area (Å²) in [6, 6.07) is 7.10. The molecule has 18 heavy (non-hydrogen) atoms. The standard InChI is InChI=1S/C12H11NO4S/c14-5-6-17-9-3-1-8(2-4-9)7-10-11(15)13-12(16)18-10/h1-5,10H,6-7H2,(H,13,15,16). The largest absolute Gasteiger partial charge is 0.486 e. The van der Waals surface area contributed by atoms with Crippen molar-refractivity contribution in [1.29, 1.82) is 0 Å². The Morgan fingerprint density at radius 3 is 2.56 bits per heavy atom. The molecule has 1 N–H and O–H groups in total. The average Bonchev–Trinajstić information content (AvgIpc) is 2.67. The summed E-state index contributed by atoms with van der Waals surface area (Å²) in [7, 11) is 0. The van der Waals surface area contributed by atoms with Crippen LogP contribution in [0.3, 0.4) is 0 Å². The van der Waals surface area contributed by atoms with Crippen molar-refractivity contribution < 1.29 is 19.1 Å². The first-order valence-electron chi connectivity index (χ1n) is 5.36. The van der Waals surface area contributed by atoms with Crippen molar-refractivity contribution in [3.63, 3.8) is 0 Å². The zero-order chi connectivity index (χ0) is 13.0. The first kappa shape index (κ1) is 12.6. The molecule has 1 atom stereocenters. The molecule has 1 fully saturated rings. The molecule has 0 bridgehead atoms. The van der Waals surface area contributed by atoms with Crippen LogP contribution in [-0.2, 0) is 16.0 Å². The van der Waals surface area contributed by atoms with E-state index in [-0.39, 0.29) is 23.0 Å². The van der Waals surface area contributed by atoms with Gasteiger partial charge in [0.05, 0.1) is 5.25 Å². The number of carbonyl (C=O) groups excluding carboxylic acids is 3. The highest BCUT2D eigenvalue weighted by atomic mass is 32.2. The van der Waals surface area contributed by atoms with Crippen LogP contribution in [-0.4, -0.2) is 29.3 Å². The van der Waals surface area contributed by atoms with Crippen LogP contribution in [0, 0.1) is 0 Å². The van der Waals surface area contributed by atoms with Crippen LogP contribution in [0.25, 0.3) is 0 Å². The molecule has 94 valence electrons. The van der Waals surface area contributed by atoms with Crippen LogP contribution in [0.2, 0.25) is 0 Å². The van der Waals surface area contributed by atoms with Gasteiger partial charge in [-0.25, -0.2) is 0 Å². The number of nitrogens with one attached hydrogen (secondary N) is 1. The van der Waals surface area contributed by atoms with E-state index in [0.717, 1.165) is 17.3 Å². The second-order valence-electron chi connectivity index (χ2n) is 3.71. The lowest BCUT2D eigenvalue weighted by atomic mass is 10.1. The number of rotatable bonds is 5. The van der Waals surface area contributed by atoms with Gasteiger partial charge < -0.3 is 4.74 Å². The predicted molar refractivity (Wildman–Crippen MR) is 66.6 cm³/mol. The molecular weight excluding hydrogens is 254 g/mol. The Hall–Kier alpha value is -1.82. The third kappa shape index (κ3) is 3.10. The molecule has 0 aromatic heterocycles. The van der Waals surface area contributed by atoms with E-state index < -0.39 is 0 Å². The molecule has 0 radical (unpaired) electrons. The lowest BCUT2D eigenvalue weighted by molar-refractivity contribution is -0.119. The minimum absolute atomic E-state index is 0.0226. The highest BCUT2D eigenvalue weighted by molar-refractivity contribution is 8.15. The lowest BCUT2D eigenvalue weighted by Gasteiger charge is -2.06. The highest BCUT2D eigenvalue weighted by Crippen LogP contribution is 2.23. The van der Waals surface area contributed by atoms with Gasteiger partial charge in [0.15, 0.2) is 6.29 Å². The van der Waals surface area contributed by atoms with Crippen LogP contribution in [0.5, 0.6) is 5.75 Å². The SMILES string of the molecule is O=CCOc1ccc(CC2SC(=O)NC2=O)cc1. The molecule has 0 aliphatic carbocycles. The molecule has 1 aromatic rings. The molecule has 2 rings (SSSR count). The van der Waals surface area contributed by atoms with Crippen molar-refractivity contribution >= 4 is 29.2 Å². The highest BCUT2D eigenvalue weighted by Gasteiger charge is 2.31. The number of ether oxygens (including phenoxy) is 1. The summed E-state index contributed by atoms with van der Waals surface area (Å²) in [6.45, 7) is 0.0226. The van der Waals surface area contributed by atoms with E-state index in [0.29, 0.717) is 18.5 Å². The van der Waals surface area contributed by atoms with Crippen LogP contribution < -0.4 is 10.1 Å². The Labute approximate surface area is 108 Å². The number of thioether (sulfide) groups is 1. The topological polar surface area (TPSA) is 72.5 Å². The first-order chi connectivity index (χ1) is 8.69. The normalized spacial score (nSPS) is 18.6. The Morgan fingerprint density at radius 2 is 2.00 bits per heavy atom. The van der Waals surface area contributed by atoms with E-state index in [2.05, 4.69) is 5.32 Å². The van der Waals surface area contributed by atoms with Gasteiger partial charge in [0.2, 0.25) is 5.91 Å². The number of hydrogen-bond donors (Lipinski definition) is 1. The van der Waals surface area contributed by atoms with E-state index in [1.165, 1.54) is 0 Å². The fraction of sp³-hybridized carbons (Fsp3) is 0.250. The fourth-order valence-corrected chi connectivity index (χ4v) is 2.45. The molecule has 5 nitrogen and oxygen atoms in total. The molecule has 1 aromatic carbocycles. The maximum absolute atomic E-state index is 11.4. The summed E-state index contributed by atoms with van der Waals surface area (Å²) < 4.78 is 5.11. The quantitative estimate of drug-likeness (QED) is 0.809. The van der Waals surface area contributed by atoms with E-state index in [9.17, 15) is 14.4 Å². The Morgan fingerprint density at radius 1 is 1.28 bits per heavy atom. The molecule has 1 heterocycles. The average molecular weight is 265 g/mol. The summed E-state index contributed by atoms with van der Waals surface area (Å²) in [5, 5.41) is 1.59. The zero-order valence-corrected chi connectivity index (χ0v) is 10.2. The predicted octanol–water partition coefficient (Wildman–Crippen LogP) is 1.16. The number of amides is 2. The Bertz CT molecular complexity index is 471. The first-order valence-corrected chi connectivity index (χ1v) is 6.24. The van der Waals surface area contributed by atoms with Gasteiger partial charge in [0, 0.05) is 0 Å². The third-order valence-corrected chi connectivity index (χ3v) is 3.41. The molecule has 1 unspecified atom stereocenters. The molecule has 1 saturated heterocycles. The van der Waals surface area contributed by atoms with Gasteiger partial charge in [-0.1, -0.05) is 23.9 Å². The maximum Gasteiger partial charge on any atom is 0.286 e. The number of imide groups is 1. The summed E-state index contributed by atoms with van der Waals surface area (Å²) in [6.07, 6.45) is 1.18.